The van der Waals surface area contributed by atoms with Gasteiger partial charge in [0, 0.05) is 6.20 Å². The molecule has 0 saturated carbocycles. The van der Waals surface area contributed by atoms with Crippen LogP contribution in [0.4, 0.5) is 13.2 Å². The SMILES string of the molecule is CCCCCc1cc(C)nn2c(-c3sc4cccnc4c3C(F)(F)F)c(C)nc12. The fourth-order valence-corrected chi connectivity index (χ4v) is 4.96. The minimum Gasteiger partial charge on any atom is -0.255 e. The summed E-state index contributed by atoms with van der Waals surface area (Å²) >= 11 is 1.09. The first-order chi connectivity index (χ1) is 13.8. The zero-order valence-electron chi connectivity index (χ0n) is 16.5. The molecule has 0 aliphatic rings. The van der Waals surface area contributed by atoms with Gasteiger partial charge >= 0.3 is 6.18 Å². The van der Waals surface area contributed by atoms with Gasteiger partial charge in [0.1, 0.15) is 11.3 Å². The van der Waals surface area contributed by atoms with Crippen LogP contribution in [0.1, 0.15) is 48.7 Å². The van der Waals surface area contributed by atoms with Gasteiger partial charge in [0.15, 0.2) is 5.65 Å². The lowest BCUT2D eigenvalue weighted by molar-refractivity contribution is -0.135. The third kappa shape index (κ3) is 3.50. The van der Waals surface area contributed by atoms with Crippen molar-refractivity contribution in [2.75, 3.05) is 0 Å². The second-order valence-electron chi connectivity index (χ2n) is 7.20. The Balaban J connectivity index is 1.99. The Morgan fingerprint density at radius 2 is 1.97 bits per heavy atom. The van der Waals surface area contributed by atoms with Crippen LogP contribution in [0, 0.1) is 13.8 Å². The molecule has 0 unspecified atom stereocenters. The van der Waals surface area contributed by atoms with E-state index in [0.717, 1.165) is 48.3 Å². The number of pyridine rings is 1. The second kappa shape index (κ2) is 7.40. The number of hydrogen-bond donors (Lipinski definition) is 0. The van der Waals surface area contributed by atoms with Crippen LogP contribution in [0.3, 0.4) is 0 Å². The molecule has 0 spiro atoms. The van der Waals surface area contributed by atoms with Crippen molar-refractivity contribution in [2.24, 2.45) is 0 Å². The molecule has 0 bridgehead atoms. The summed E-state index contributed by atoms with van der Waals surface area (Å²) in [5.41, 5.74) is 2.62. The maximum atomic E-state index is 14.0. The molecular formula is C21H21F3N4S. The van der Waals surface area contributed by atoms with Crippen molar-refractivity contribution in [2.45, 2.75) is 52.6 Å². The van der Waals surface area contributed by atoms with Gasteiger partial charge in [-0.05, 0) is 50.5 Å². The van der Waals surface area contributed by atoms with Gasteiger partial charge < -0.3 is 0 Å². The average molecular weight is 418 g/mol. The summed E-state index contributed by atoms with van der Waals surface area (Å²) in [6.07, 6.45) is 0.910. The zero-order valence-corrected chi connectivity index (χ0v) is 17.3. The van der Waals surface area contributed by atoms with Crippen molar-refractivity contribution in [3.05, 3.63) is 46.9 Å². The van der Waals surface area contributed by atoms with Gasteiger partial charge in [0.05, 0.1) is 26.5 Å². The minimum atomic E-state index is -4.52. The minimum absolute atomic E-state index is 0.0230. The maximum Gasteiger partial charge on any atom is 0.419 e. The summed E-state index contributed by atoms with van der Waals surface area (Å²) in [5, 5.41) is 4.53. The quantitative estimate of drug-likeness (QED) is 0.354. The van der Waals surface area contributed by atoms with Gasteiger partial charge in [-0.3, -0.25) is 4.98 Å². The van der Waals surface area contributed by atoms with E-state index in [2.05, 4.69) is 22.0 Å². The molecule has 4 aromatic rings. The normalized spacial score (nSPS) is 12.3. The average Bonchev–Trinajstić information content (AvgIpc) is 3.18. The number of aryl methyl sites for hydroxylation is 3. The molecule has 4 rings (SSSR count). The third-order valence-corrected chi connectivity index (χ3v) is 6.10. The predicted molar refractivity (Wildman–Crippen MR) is 109 cm³/mol. The molecule has 8 heteroatoms. The van der Waals surface area contributed by atoms with Crippen molar-refractivity contribution < 1.29 is 13.2 Å². The number of rotatable bonds is 5. The molecule has 0 radical (unpaired) electrons. The van der Waals surface area contributed by atoms with Crippen LogP contribution < -0.4 is 0 Å². The zero-order chi connectivity index (χ0) is 20.8. The predicted octanol–water partition coefficient (Wildman–Crippen LogP) is 6.37. The van der Waals surface area contributed by atoms with Crippen LogP contribution in [0.2, 0.25) is 0 Å². The molecule has 29 heavy (non-hydrogen) atoms. The van der Waals surface area contributed by atoms with Crippen LogP contribution in [0.15, 0.2) is 24.4 Å². The molecule has 0 aromatic carbocycles. The second-order valence-corrected chi connectivity index (χ2v) is 8.26. The van der Waals surface area contributed by atoms with Crippen molar-refractivity contribution >= 4 is 27.2 Å². The van der Waals surface area contributed by atoms with Crippen molar-refractivity contribution in [1.29, 1.82) is 0 Å². The number of nitrogens with zero attached hydrogens (tertiary/aromatic N) is 4. The highest BCUT2D eigenvalue weighted by Crippen LogP contribution is 2.47. The van der Waals surface area contributed by atoms with Gasteiger partial charge in [-0.2, -0.15) is 18.3 Å². The molecular weight excluding hydrogens is 397 g/mol. The Bertz CT molecular complexity index is 1190. The fourth-order valence-electron chi connectivity index (χ4n) is 3.70. The number of hydrogen-bond acceptors (Lipinski definition) is 4. The number of fused-ring (bicyclic) bond motifs is 2. The molecule has 0 amide bonds. The Morgan fingerprint density at radius 1 is 1.17 bits per heavy atom. The standard InChI is InChI=1S/C21H21F3N4S/c1-4-5-6-8-14-11-12(2)27-28-18(13(3)26-20(14)28)19-16(21(22,23)24)17-15(29-19)9-7-10-25-17/h7,9-11H,4-6,8H2,1-3H3. The van der Waals surface area contributed by atoms with E-state index in [9.17, 15) is 13.2 Å². The molecule has 4 heterocycles. The van der Waals surface area contributed by atoms with Crippen LogP contribution in [0.5, 0.6) is 0 Å². The van der Waals surface area contributed by atoms with Crippen LogP contribution in [0.25, 0.3) is 26.4 Å². The molecule has 0 saturated heterocycles. The number of halogens is 3. The monoisotopic (exact) mass is 418 g/mol. The first-order valence-corrected chi connectivity index (χ1v) is 10.4. The summed E-state index contributed by atoms with van der Waals surface area (Å²) in [6.45, 7) is 5.74. The van der Waals surface area contributed by atoms with Crippen molar-refractivity contribution in [3.63, 3.8) is 0 Å². The Morgan fingerprint density at radius 3 is 2.69 bits per heavy atom. The first-order valence-electron chi connectivity index (χ1n) is 9.62. The largest absolute Gasteiger partial charge is 0.419 e. The summed E-state index contributed by atoms with van der Waals surface area (Å²) in [5.74, 6) is 0. The van der Waals surface area contributed by atoms with E-state index in [0.29, 0.717) is 21.7 Å². The Hall–Kier alpha value is -2.48. The van der Waals surface area contributed by atoms with E-state index in [4.69, 9.17) is 0 Å². The van der Waals surface area contributed by atoms with Crippen LogP contribution in [-0.4, -0.2) is 19.6 Å². The summed E-state index contributed by atoms with van der Waals surface area (Å²) in [4.78, 5) is 8.75. The van der Waals surface area contributed by atoms with E-state index < -0.39 is 11.7 Å². The van der Waals surface area contributed by atoms with E-state index in [1.165, 1.54) is 6.20 Å². The lowest BCUT2D eigenvalue weighted by Gasteiger charge is -2.10. The van der Waals surface area contributed by atoms with Gasteiger partial charge in [0.2, 0.25) is 0 Å². The number of alkyl halides is 3. The van der Waals surface area contributed by atoms with Gasteiger partial charge in [-0.25, -0.2) is 9.50 Å². The molecule has 0 aliphatic carbocycles. The van der Waals surface area contributed by atoms with E-state index in [1.54, 1.807) is 23.6 Å². The van der Waals surface area contributed by atoms with Crippen LogP contribution >= 0.6 is 11.3 Å². The highest BCUT2D eigenvalue weighted by Gasteiger charge is 2.39. The molecule has 0 N–H and O–H groups in total. The topological polar surface area (TPSA) is 43.1 Å². The summed E-state index contributed by atoms with van der Waals surface area (Å²) < 4.78 is 44.1. The summed E-state index contributed by atoms with van der Waals surface area (Å²) in [7, 11) is 0. The lowest BCUT2D eigenvalue weighted by Crippen LogP contribution is -2.08. The first kappa shape index (κ1) is 19.8. The molecule has 0 fully saturated rings. The lowest BCUT2D eigenvalue weighted by atomic mass is 10.1. The highest BCUT2D eigenvalue weighted by molar-refractivity contribution is 7.22. The van der Waals surface area contributed by atoms with Gasteiger partial charge in [0.25, 0.3) is 0 Å². The van der Waals surface area contributed by atoms with E-state index in [1.807, 2.05) is 13.0 Å². The number of aromatic nitrogens is 4. The molecule has 152 valence electrons. The van der Waals surface area contributed by atoms with Crippen molar-refractivity contribution in [3.8, 4) is 10.6 Å². The molecule has 0 atom stereocenters. The fraction of sp³-hybridized carbons (Fsp3) is 0.381. The van der Waals surface area contributed by atoms with Gasteiger partial charge in [-0.1, -0.05) is 19.8 Å². The van der Waals surface area contributed by atoms with Gasteiger partial charge in [-0.15, -0.1) is 11.3 Å². The number of thiophene rings is 1. The smallest absolute Gasteiger partial charge is 0.255 e. The van der Waals surface area contributed by atoms with Crippen molar-refractivity contribution in [1.82, 2.24) is 19.6 Å². The molecule has 4 aromatic heterocycles. The van der Waals surface area contributed by atoms with E-state index in [-0.39, 0.29) is 10.4 Å². The molecule has 0 aliphatic heterocycles. The third-order valence-electron chi connectivity index (χ3n) is 4.95. The highest BCUT2D eigenvalue weighted by atomic mass is 32.1. The number of unbranched alkanes of at least 4 members (excludes halogenated alkanes) is 2. The molecule has 4 nitrogen and oxygen atoms in total. The number of imidazole rings is 1. The van der Waals surface area contributed by atoms with E-state index >= 15 is 0 Å². The Labute approximate surface area is 170 Å². The summed E-state index contributed by atoms with van der Waals surface area (Å²) in [6, 6.07) is 5.30. The van der Waals surface area contributed by atoms with Crippen LogP contribution in [-0.2, 0) is 12.6 Å². The maximum absolute atomic E-state index is 14.0. The Kier molecular flexibility index (Phi) is 5.06.